The van der Waals surface area contributed by atoms with Gasteiger partial charge in [0, 0.05) is 17.6 Å². The first-order chi connectivity index (χ1) is 8.67. The van der Waals surface area contributed by atoms with Crippen LogP contribution in [0.3, 0.4) is 0 Å². The van der Waals surface area contributed by atoms with Gasteiger partial charge in [-0.2, -0.15) is 0 Å². The lowest BCUT2D eigenvalue weighted by molar-refractivity contribution is 0.248. The fraction of sp³-hybridized carbons (Fsp3) is 0.571. The summed E-state index contributed by atoms with van der Waals surface area (Å²) in [6.07, 6.45) is 3.09. The second-order valence-corrected chi connectivity index (χ2v) is 5.39. The summed E-state index contributed by atoms with van der Waals surface area (Å²) in [6, 6.07) is 4.74. The van der Waals surface area contributed by atoms with Gasteiger partial charge in [-0.3, -0.25) is 0 Å². The van der Waals surface area contributed by atoms with Gasteiger partial charge in [0.2, 0.25) is 0 Å². The summed E-state index contributed by atoms with van der Waals surface area (Å²) in [7, 11) is 0. The minimum absolute atomic E-state index is 0.227. The quantitative estimate of drug-likeness (QED) is 0.769. The van der Waals surface area contributed by atoms with Crippen LogP contribution < -0.4 is 5.32 Å². The van der Waals surface area contributed by atoms with Crippen LogP contribution in [0.25, 0.3) is 0 Å². The first-order valence-electron chi connectivity index (χ1n) is 6.42. The highest BCUT2D eigenvalue weighted by atomic mass is 79.9. The smallest absolute Gasteiger partial charge is 0.124 e. The van der Waals surface area contributed by atoms with Gasteiger partial charge < -0.3 is 10.4 Å². The predicted molar refractivity (Wildman–Crippen MR) is 75.9 cm³/mol. The first kappa shape index (κ1) is 15.6. The van der Waals surface area contributed by atoms with E-state index in [1.807, 2.05) is 0 Å². The van der Waals surface area contributed by atoms with E-state index >= 15 is 0 Å². The van der Waals surface area contributed by atoms with Crippen LogP contribution in [0, 0.1) is 11.7 Å². The van der Waals surface area contributed by atoms with Gasteiger partial charge in [0.05, 0.1) is 0 Å². The van der Waals surface area contributed by atoms with Crippen molar-refractivity contribution < 1.29 is 9.50 Å². The van der Waals surface area contributed by atoms with E-state index in [9.17, 15) is 4.39 Å². The summed E-state index contributed by atoms with van der Waals surface area (Å²) in [4.78, 5) is 0. The van der Waals surface area contributed by atoms with E-state index in [-0.39, 0.29) is 12.4 Å². The van der Waals surface area contributed by atoms with Crippen LogP contribution in [0.4, 0.5) is 4.39 Å². The maximum Gasteiger partial charge on any atom is 0.124 e. The maximum atomic E-state index is 12.9. The lowest BCUT2D eigenvalue weighted by Gasteiger charge is -2.16. The number of nitrogens with one attached hydrogen (secondary N) is 1. The Labute approximate surface area is 117 Å². The fourth-order valence-corrected chi connectivity index (χ4v) is 2.51. The van der Waals surface area contributed by atoms with Crippen molar-refractivity contribution in [2.75, 3.05) is 13.2 Å². The molecule has 1 rings (SSSR count). The molecule has 0 amide bonds. The van der Waals surface area contributed by atoms with E-state index in [2.05, 4.69) is 28.2 Å². The summed E-state index contributed by atoms with van der Waals surface area (Å²) in [5.74, 6) is 0.286. The third kappa shape index (κ3) is 5.46. The number of aliphatic hydroxyl groups excluding tert-OH is 1. The number of hydrogen-bond donors (Lipinski definition) is 2. The Morgan fingerprint density at radius 2 is 2.17 bits per heavy atom. The van der Waals surface area contributed by atoms with E-state index < -0.39 is 0 Å². The number of halogens is 2. The van der Waals surface area contributed by atoms with Crippen molar-refractivity contribution in [1.82, 2.24) is 5.32 Å². The molecule has 0 fully saturated rings. The third-order valence-corrected chi connectivity index (χ3v) is 3.74. The molecule has 1 unspecified atom stereocenters. The molecular weight excluding hydrogens is 297 g/mol. The lowest BCUT2D eigenvalue weighted by Crippen LogP contribution is -2.23. The van der Waals surface area contributed by atoms with Gasteiger partial charge in [0.25, 0.3) is 0 Å². The van der Waals surface area contributed by atoms with Crippen LogP contribution in [-0.2, 0) is 6.54 Å². The topological polar surface area (TPSA) is 32.3 Å². The Morgan fingerprint density at radius 1 is 1.39 bits per heavy atom. The monoisotopic (exact) mass is 317 g/mol. The van der Waals surface area contributed by atoms with Gasteiger partial charge >= 0.3 is 0 Å². The molecule has 2 N–H and O–H groups in total. The summed E-state index contributed by atoms with van der Waals surface area (Å²) >= 11 is 3.36. The third-order valence-electron chi connectivity index (χ3n) is 3.00. The molecule has 0 aliphatic rings. The number of hydrogen-bond acceptors (Lipinski definition) is 2. The molecule has 102 valence electrons. The molecule has 0 aliphatic carbocycles. The minimum atomic E-state index is -0.227. The fourth-order valence-electron chi connectivity index (χ4n) is 2.02. The van der Waals surface area contributed by atoms with Gasteiger partial charge in [0.15, 0.2) is 0 Å². The van der Waals surface area contributed by atoms with E-state index in [4.69, 9.17) is 5.11 Å². The first-order valence-corrected chi connectivity index (χ1v) is 7.22. The average molecular weight is 318 g/mol. The molecule has 0 saturated heterocycles. The molecule has 1 aromatic rings. The lowest BCUT2D eigenvalue weighted by atomic mass is 10.0. The number of aliphatic hydroxyl groups is 1. The molecule has 0 heterocycles. The largest absolute Gasteiger partial charge is 0.396 e. The summed E-state index contributed by atoms with van der Waals surface area (Å²) < 4.78 is 13.7. The number of benzene rings is 1. The zero-order valence-electron chi connectivity index (χ0n) is 10.8. The van der Waals surface area contributed by atoms with Gasteiger partial charge in [-0.15, -0.1) is 0 Å². The molecule has 0 saturated carbocycles. The summed E-state index contributed by atoms with van der Waals surface area (Å²) in [5.41, 5.74) is 1.05. The minimum Gasteiger partial charge on any atom is -0.396 e. The molecule has 0 aromatic heterocycles. The van der Waals surface area contributed by atoms with Gasteiger partial charge in [-0.05, 0) is 43.0 Å². The van der Waals surface area contributed by atoms with Crippen molar-refractivity contribution in [2.24, 2.45) is 5.92 Å². The van der Waals surface area contributed by atoms with Crippen molar-refractivity contribution in [3.63, 3.8) is 0 Å². The Balaban J connectivity index is 2.39. The van der Waals surface area contributed by atoms with Crippen LogP contribution in [0.1, 0.15) is 31.7 Å². The van der Waals surface area contributed by atoms with Gasteiger partial charge in [-0.1, -0.05) is 35.3 Å². The zero-order valence-corrected chi connectivity index (χ0v) is 12.3. The molecule has 0 aliphatic heterocycles. The van der Waals surface area contributed by atoms with Crippen LogP contribution in [0.5, 0.6) is 0 Å². The molecule has 0 spiro atoms. The van der Waals surface area contributed by atoms with Crippen LogP contribution >= 0.6 is 15.9 Å². The van der Waals surface area contributed by atoms with E-state index in [0.29, 0.717) is 12.5 Å². The van der Waals surface area contributed by atoms with Gasteiger partial charge in [0.1, 0.15) is 5.82 Å². The molecule has 0 radical (unpaired) electrons. The van der Waals surface area contributed by atoms with E-state index in [1.54, 1.807) is 6.07 Å². The standard InChI is InChI=1S/C14H21BrFNO/c1-2-3-11(6-7-18)9-17-10-12-4-5-13(16)8-14(12)15/h4-5,8,11,17-18H,2-3,6-7,9-10H2,1H3. The molecule has 2 nitrogen and oxygen atoms in total. The van der Waals surface area contributed by atoms with Crippen molar-refractivity contribution in [2.45, 2.75) is 32.7 Å². The van der Waals surface area contributed by atoms with Crippen molar-refractivity contribution in [1.29, 1.82) is 0 Å². The normalized spacial score (nSPS) is 12.7. The van der Waals surface area contributed by atoms with E-state index in [0.717, 1.165) is 35.8 Å². The van der Waals surface area contributed by atoms with E-state index in [1.165, 1.54) is 12.1 Å². The molecule has 0 bridgehead atoms. The molecule has 1 aromatic carbocycles. The summed E-state index contributed by atoms with van der Waals surface area (Å²) in [6.45, 7) is 4.00. The highest BCUT2D eigenvalue weighted by molar-refractivity contribution is 9.10. The van der Waals surface area contributed by atoms with Crippen LogP contribution in [0.15, 0.2) is 22.7 Å². The Hall–Kier alpha value is -0.450. The number of rotatable bonds is 8. The Morgan fingerprint density at radius 3 is 2.78 bits per heavy atom. The molecule has 4 heteroatoms. The van der Waals surface area contributed by atoms with Crippen LogP contribution in [0.2, 0.25) is 0 Å². The van der Waals surface area contributed by atoms with Crippen molar-refractivity contribution in [3.8, 4) is 0 Å². The Kier molecular flexibility index (Phi) is 7.47. The predicted octanol–water partition coefficient (Wildman–Crippen LogP) is 3.48. The molecular formula is C14H21BrFNO. The zero-order chi connectivity index (χ0) is 13.4. The average Bonchev–Trinajstić information content (AvgIpc) is 2.32. The molecule has 1 atom stereocenters. The summed E-state index contributed by atoms with van der Waals surface area (Å²) in [5, 5.41) is 12.3. The highest BCUT2D eigenvalue weighted by Crippen LogP contribution is 2.18. The second kappa shape index (κ2) is 8.62. The molecule has 18 heavy (non-hydrogen) atoms. The van der Waals surface area contributed by atoms with Crippen LogP contribution in [-0.4, -0.2) is 18.3 Å². The highest BCUT2D eigenvalue weighted by Gasteiger charge is 2.07. The maximum absolute atomic E-state index is 12.9. The van der Waals surface area contributed by atoms with Gasteiger partial charge in [-0.25, -0.2) is 4.39 Å². The second-order valence-electron chi connectivity index (χ2n) is 4.53. The Bertz CT molecular complexity index is 354. The SMILES string of the molecule is CCCC(CCO)CNCc1ccc(F)cc1Br. The van der Waals surface area contributed by atoms with Crippen molar-refractivity contribution in [3.05, 3.63) is 34.1 Å². The van der Waals surface area contributed by atoms with Crippen molar-refractivity contribution >= 4 is 15.9 Å².